The maximum Gasteiger partial charge on any atom is 0.139 e. The van der Waals surface area contributed by atoms with Crippen molar-refractivity contribution in [3.05, 3.63) is 235 Å². The molecule has 0 saturated carbocycles. The molecule has 12 rings (SSSR count). The van der Waals surface area contributed by atoms with Crippen molar-refractivity contribution in [1.29, 1.82) is 0 Å². The summed E-state index contributed by atoms with van der Waals surface area (Å²) < 4.78 is 2.42. The second-order valence-corrected chi connectivity index (χ2v) is 18.2. The fraction of sp³-hybridized carbons (Fsp3) is 0.0169. The number of aromatic nitrogens is 1. The van der Waals surface area contributed by atoms with Gasteiger partial charge in [0.05, 0.1) is 16.4 Å². The molecule has 0 fully saturated rings. The van der Waals surface area contributed by atoms with Crippen LogP contribution in [0.15, 0.2) is 212 Å². The highest BCUT2D eigenvalue weighted by Crippen LogP contribution is 2.56. The standard InChI is InChI=1S/C59H45B5N2/c60-54-53(55(61)57(63)58(64)56(54)62)37-23-27-41(28-24-37)65(44-32-33-52-48(35-44)47-18-8-11-21-51(47)66(52)43-29-22-36-12-4-5-13-38(36)34-43)42-30-25-40(26-31-42)59(39-14-2-1-3-15-39)49-19-9-6-16-45(49)46-17-7-10-20-50(46)59/h1-35H,60-64H2. The van der Waals surface area contributed by atoms with E-state index in [1.54, 1.807) is 0 Å². The van der Waals surface area contributed by atoms with Crippen LogP contribution in [-0.4, -0.2) is 43.8 Å². The lowest BCUT2D eigenvalue weighted by molar-refractivity contribution is 0.768. The van der Waals surface area contributed by atoms with E-state index >= 15 is 0 Å². The fourth-order valence-electron chi connectivity index (χ4n) is 11.4. The molecule has 11 aromatic rings. The molecule has 0 radical (unpaired) electrons. The maximum absolute atomic E-state index is 2.44. The van der Waals surface area contributed by atoms with Crippen LogP contribution in [0, 0.1) is 0 Å². The summed E-state index contributed by atoms with van der Waals surface area (Å²) in [6, 6.07) is 79.0. The smallest absolute Gasteiger partial charge is 0.139 e. The van der Waals surface area contributed by atoms with Gasteiger partial charge in [-0.25, -0.2) is 0 Å². The Morgan fingerprint density at radius 1 is 0.364 bits per heavy atom. The maximum atomic E-state index is 2.44. The van der Waals surface area contributed by atoms with Crippen molar-refractivity contribution in [3.8, 4) is 27.9 Å². The first kappa shape index (κ1) is 39.9. The van der Waals surface area contributed by atoms with Crippen molar-refractivity contribution in [2.45, 2.75) is 5.41 Å². The molecule has 1 aromatic heterocycles. The Labute approximate surface area is 391 Å². The van der Waals surface area contributed by atoms with Crippen molar-refractivity contribution in [3.63, 3.8) is 0 Å². The van der Waals surface area contributed by atoms with Crippen LogP contribution in [-0.2, 0) is 5.41 Å². The lowest BCUT2D eigenvalue weighted by atomic mass is 9.60. The number of benzene rings is 10. The highest BCUT2D eigenvalue weighted by atomic mass is 15.1. The highest BCUT2D eigenvalue weighted by molar-refractivity contribution is 6.68. The molecule has 0 unspecified atom stereocenters. The van der Waals surface area contributed by atoms with E-state index in [4.69, 9.17) is 0 Å². The minimum atomic E-state index is -0.469. The van der Waals surface area contributed by atoms with Crippen LogP contribution in [0.4, 0.5) is 17.1 Å². The van der Waals surface area contributed by atoms with Crippen LogP contribution in [0.2, 0.25) is 0 Å². The van der Waals surface area contributed by atoms with E-state index in [1.807, 2.05) is 0 Å². The molecule has 0 bridgehead atoms. The zero-order valence-electron chi connectivity index (χ0n) is 38.1. The molecule has 10 aromatic carbocycles. The highest BCUT2D eigenvalue weighted by Gasteiger charge is 2.45. The molecule has 0 N–H and O–H groups in total. The Kier molecular flexibility index (Phi) is 9.40. The molecule has 1 heterocycles. The Morgan fingerprint density at radius 3 is 1.56 bits per heavy atom. The van der Waals surface area contributed by atoms with Crippen molar-refractivity contribution in [2.75, 3.05) is 4.90 Å². The molecule has 1 aliphatic rings. The summed E-state index contributed by atoms with van der Waals surface area (Å²) in [5, 5.41) is 4.92. The molecule has 0 saturated heterocycles. The van der Waals surface area contributed by atoms with Crippen molar-refractivity contribution < 1.29 is 0 Å². The van der Waals surface area contributed by atoms with Gasteiger partial charge in [-0.2, -0.15) is 0 Å². The first-order valence-corrected chi connectivity index (χ1v) is 23.2. The van der Waals surface area contributed by atoms with E-state index in [0.717, 1.165) is 22.7 Å². The first-order valence-electron chi connectivity index (χ1n) is 23.2. The third-order valence-electron chi connectivity index (χ3n) is 15.0. The van der Waals surface area contributed by atoms with Crippen molar-refractivity contribution in [2.24, 2.45) is 0 Å². The normalized spacial score (nSPS) is 12.7. The first-order chi connectivity index (χ1) is 32.3. The molecular weight excluding hydrogens is 791 g/mol. The predicted molar refractivity (Wildman–Crippen MR) is 297 cm³/mol. The molecule has 0 aliphatic heterocycles. The zero-order valence-corrected chi connectivity index (χ0v) is 38.1. The van der Waals surface area contributed by atoms with Gasteiger partial charge in [0.2, 0.25) is 0 Å². The van der Waals surface area contributed by atoms with E-state index in [9.17, 15) is 0 Å². The van der Waals surface area contributed by atoms with E-state index in [-0.39, 0.29) is 0 Å². The third-order valence-corrected chi connectivity index (χ3v) is 15.0. The summed E-state index contributed by atoms with van der Waals surface area (Å²) in [7, 11) is 11.3. The van der Waals surface area contributed by atoms with Crippen LogP contribution in [0.3, 0.4) is 0 Å². The summed E-state index contributed by atoms with van der Waals surface area (Å²) in [4.78, 5) is 2.44. The van der Waals surface area contributed by atoms with Crippen LogP contribution in [0.5, 0.6) is 0 Å². The molecule has 0 spiro atoms. The van der Waals surface area contributed by atoms with Crippen LogP contribution >= 0.6 is 0 Å². The van der Waals surface area contributed by atoms with Crippen LogP contribution in [0.1, 0.15) is 22.3 Å². The topological polar surface area (TPSA) is 8.17 Å². The van der Waals surface area contributed by atoms with Gasteiger partial charge in [-0.1, -0.05) is 163 Å². The largest absolute Gasteiger partial charge is 0.310 e. The van der Waals surface area contributed by atoms with Gasteiger partial charge in [-0.05, 0) is 116 Å². The van der Waals surface area contributed by atoms with Gasteiger partial charge < -0.3 is 9.47 Å². The van der Waals surface area contributed by atoms with Gasteiger partial charge in [0.15, 0.2) is 0 Å². The molecule has 66 heavy (non-hydrogen) atoms. The molecule has 7 heteroatoms. The van der Waals surface area contributed by atoms with Crippen LogP contribution < -0.4 is 32.2 Å². The van der Waals surface area contributed by atoms with Gasteiger partial charge in [0.1, 0.15) is 39.2 Å². The lowest BCUT2D eigenvalue weighted by Crippen LogP contribution is -2.55. The summed E-state index contributed by atoms with van der Waals surface area (Å²) >= 11 is 0. The zero-order chi connectivity index (χ0) is 44.7. The Bertz CT molecular complexity index is 3630. The predicted octanol–water partition coefficient (Wildman–Crippen LogP) is 6.73. The summed E-state index contributed by atoms with van der Waals surface area (Å²) in [6.07, 6.45) is 0. The summed E-state index contributed by atoms with van der Waals surface area (Å²) in [5.74, 6) is 0. The van der Waals surface area contributed by atoms with Gasteiger partial charge in [-0.3, -0.25) is 0 Å². The molecule has 306 valence electrons. The molecule has 1 aliphatic carbocycles. The van der Waals surface area contributed by atoms with E-state index in [0.29, 0.717) is 0 Å². The number of fused-ring (bicyclic) bond motifs is 7. The molecule has 0 amide bonds. The average Bonchev–Trinajstić information content (AvgIpc) is 3.87. The molecule has 0 atom stereocenters. The number of hydrogen-bond acceptors (Lipinski definition) is 1. The monoisotopic (exact) mass is 836 g/mol. The second-order valence-electron chi connectivity index (χ2n) is 18.2. The third kappa shape index (κ3) is 5.96. The number of hydrogen-bond donors (Lipinski definition) is 0. The van der Waals surface area contributed by atoms with Gasteiger partial charge in [0, 0.05) is 33.5 Å². The van der Waals surface area contributed by atoms with Gasteiger partial charge in [-0.15, -0.1) is 16.4 Å². The number of rotatable bonds is 7. The average molecular weight is 836 g/mol. The van der Waals surface area contributed by atoms with Crippen molar-refractivity contribution in [1.82, 2.24) is 4.57 Å². The van der Waals surface area contributed by atoms with E-state index in [2.05, 4.69) is 261 Å². The van der Waals surface area contributed by atoms with Crippen molar-refractivity contribution >= 4 is 116 Å². The Hall–Kier alpha value is -7.62. The Balaban J connectivity index is 1.05. The SMILES string of the molecule is Bc1c(B)c(B)c(-c2ccc(N(c3ccc(C4(c5ccccc5)c5ccccc5-c5ccccc54)cc3)c3ccc4c(c3)c3ccccc3n4-c3ccc4ccccc4c3)cc2)c(B)c1B. The number of nitrogens with zero attached hydrogens (tertiary/aromatic N) is 2. The molecular formula is C59H45B5N2. The number of para-hydroxylation sites is 1. The quantitative estimate of drug-likeness (QED) is 0.162. The summed E-state index contributed by atoms with van der Waals surface area (Å²) in [6.45, 7) is 0. The minimum Gasteiger partial charge on any atom is -0.310 e. The van der Waals surface area contributed by atoms with Crippen LogP contribution in [0.25, 0.3) is 60.5 Å². The lowest BCUT2D eigenvalue weighted by Gasteiger charge is -2.34. The van der Waals surface area contributed by atoms with Gasteiger partial charge in [0.25, 0.3) is 0 Å². The van der Waals surface area contributed by atoms with E-state index < -0.39 is 5.41 Å². The summed E-state index contributed by atoms with van der Waals surface area (Å²) in [5.41, 5.74) is 23.5. The van der Waals surface area contributed by atoms with Gasteiger partial charge >= 0.3 is 0 Å². The number of anilines is 3. The fourth-order valence-corrected chi connectivity index (χ4v) is 11.4. The minimum absolute atomic E-state index is 0.469. The second kappa shape index (κ2) is 15.5. The molecule has 2 nitrogen and oxygen atoms in total. The van der Waals surface area contributed by atoms with E-state index in [1.165, 1.54) is 104 Å². The Morgan fingerprint density at radius 2 is 0.879 bits per heavy atom.